The van der Waals surface area contributed by atoms with Gasteiger partial charge >= 0.3 is 0 Å². The van der Waals surface area contributed by atoms with Crippen molar-refractivity contribution in [1.29, 1.82) is 0 Å². The molecule has 5 heteroatoms. The van der Waals surface area contributed by atoms with Crippen molar-refractivity contribution in [1.82, 2.24) is 15.4 Å². The first-order valence-electron chi connectivity index (χ1n) is 9.06. The van der Waals surface area contributed by atoms with Gasteiger partial charge in [-0.2, -0.15) is 0 Å². The number of rotatable bonds is 5. The van der Waals surface area contributed by atoms with Gasteiger partial charge in [0.25, 0.3) is 5.91 Å². The molecule has 1 atom stereocenters. The van der Waals surface area contributed by atoms with Crippen LogP contribution in [-0.4, -0.2) is 35.6 Å². The zero-order valence-corrected chi connectivity index (χ0v) is 15.3. The molecule has 2 heterocycles. The Balaban J connectivity index is 1.73. The Morgan fingerprint density at radius 1 is 1.28 bits per heavy atom. The van der Waals surface area contributed by atoms with Gasteiger partial charge in [0.1, 0.15) is 11.3 Å². The predicted octanol–water partition coefficient (Wildman–Crippen LogP) is 3.49. The molecule has 134 valence electrons. The molecule has 0 spiro atoms. The van der Waals surface area contributed by atoms with Gasteiger partial charge < -0.3 is 9.84 Å². The lowest BCUT2D eigenvalue weighted by Crippen LogP contribution is -2.42. The smallest absolute Gasteiger partial charge is 0.256 e. The Bertz CT molecular complexity index is 683. The van der Waals surface area contributed by atoms with E-state index in [2.05, 4.69) is 46.6 Å². The molecule has 1 N–H and O–H groups in total. The van der Waals surface area contributed by atoms with Crippen LogP contribution < -0.4 is 5.32 Å². The molecule has 1 aromatic heterocycles. The average molecular weight is 341 g/mol. The fourth-order valence-corrected chi connectivity index (χ4v) is 3.56. The average Bonchev–Trinajstić information content (AvgIpc) is 2.96. The number of aryl methyl sites for hydroxylation is 2. The highest BCUT2D eigenvalue weighted by Gasteiger charge is 2.26. The predicted molar refractivity (Wildman–Crippen MR) is 97.5 cm³/mol. The maximum atomic E-state index is 12.6. The fraction of sp³-hybridized carbons (Fsp3) is 0.500. The van der Waals surface area contributed by atoms with E-state index in [9.17, 15) is 4.79 Å². The number of aromatic nitrogens is 1. The first kappa shape index (κ1) is 17.7. The van der Waals surface area contributed by atoms with Gasteiger partial charge in [0, 0.05) is 6.54 Å². The molecule has 3 rings (SSSR count). The molecule has 0 bridgehead atoms. The monoisotopic (exact) mass is 341 g/mol. The lowest BCUT2D eigenvalue weighted by molar-refractivity contribution is 0.0911. The first-order chi connectivity index (χ1) is 12.1. The lowest BCUT2D eigenvalue weighted by atomic mass is 9.95. The van der Waals surface area contributed by atoms with Crippen molar-refractivity contribution in [2.45, 2.75) is 39.7 Å². The number of likely N-dealkylation sites (tertiary alicyclic amines) is 1. The van der Waals surface area contributed by atoms with Crippen LogP contribution in [0.15, 0.2) is 34.9 Å². The fourth-order valence-electron chi connectivity index (χ4n) is 3.56. The SMILES string of the molecule is Cc1noc(C)c1C(=O)NCC(c1ccccc1)N1CCC(C)CC1. The largest absolute Gasteiger partial charge is 0.361 e. The number of benzene rings is 1. The molecule has 1 saturated heterocycles. The van der Waals surface area contributed by atoms with Crippen LogP contribution in [0.5, 0.6) is 0 Å². The van der Waals surface area contributed by atoms with Crippen LogP contribution in [0.3, 0.4) is 0 Å². The van der Waals surface area contributed by atoms with Crippen molar-refractivity contribution in [2.75, 3.05) is 19.6 Å². The van der Waals surface area contributed by atoms with E-state index in [4.69, 9.17) is 4.52 Å². The van der Waals surface area contributed by atoms with Crippen LogP contribution in [0.1, 0.15) is 53.2 Å². The van der Waals surface area contributed by atoms with Crippen molar-refractivity contribution in [3.05, 3.63) is 52.9 Å². The summed E-state index contributed by atoms with van der Waals surface area (Å²) in [5.74, 6) is 1.24. The molecule has 25 heavy (non-hydrogen) atoms. The third-order valence-electron chi connectivity index (χ3n) is 5.16. The standard InChI is InChI=1S/C20H27N3O2/c1-14-9-11-23(12-10-14)18(17-7-5-4-6-8-17)13-21-20(24)19-15(2)22-25-16(19)3/h4-8,14,18H,9-13H2,1-3H3,(H,21,24). The molecule has 5 nitrogen and oxygen atoms in total. The van der Waals surface area contributed by atoms with E-state index in [1.54, 1.807) is 13.8 Å². The van der Waals surface area contributed by atoms with Gasteiger partial charge in [-0.15, -0.1) is 0 Å². The van der Waals surface area contributed by atoms with E-state index in [1.165, 1.54) is 18.4 Å². The van der Waals surface area contributed by atoms with Gasteiger partial charge in [-0.25, -0.2) is 0 Å². The van der Waals surface area contributed by atoms with E-state index in [0.717, 1.165) is 19.0 Å². The minimum atomic E-state index is -0.109. The zero-order chi connectivity index (χ0) is 17.8. The molecule has 1 aliphatic rings. The highest BCUT2D eigenvalue weighted by atomic mass is 16.5. The normalized spacial score (nSPS) is 17.4. The van der Waals surface area contributed by atoms with Crippen molar-refractivity contribution in [3.63, 3.8) is 0 Å². The van der Waals surface area contributed by atoms with Gasteiger partial charge in [-0.1, -0.05) is 42.4 Å². The van der Waals surface area contributed by atoms with Crippen molar-refractivity contribution in [3.8, 4) is 0 Å². The van der Waals surface area contributed by atoms with E-state index in [0.29, 0.717) is 23.6 Å². The molecule has 1 unspecified atom stereocenters. The summed E-state index contributed by atoms with van der Waals surface area (Å²) >= 11 is 0. The summed E-state index contributed by atoms with van der Waals surface area (Å²) in [4.78, 5) is 15.1. The minimum Gasteiger partial charge on any atom is -0.361 e. The Hall–Kier alpha value is -2.14. The van der Waals surface area contributed by atoms with Crippen LogP contribution in [0.25, 0.3) is 0 Å². The summed E-state index contributed by atoms with van der Waals surface area (Å²) in [5, 5.41) is 6.97. The molecule has 0 radical (unpaired) electrons. The Morgan fingerprint density at radius 3 is 2.56 bits per heavy atom. The highest BCUT2D eigenvalue weighted by molar-refractivity contribution is 5.96. The number of hydrogen-bond acceptors (Lipinski definition) is 4. The van der Waals surface area contributed by atoms with Gasteiger partial charge in [0.15, 0.2) is 0 Å². The number of carbonyl (C=O) groups excluding carboxylic acids is 1. The topological polar surface area (TPSA) is 58.4 Å². The number of nitrogens with zero attached hydrogens (tertiary/aromatic N) is 2. The number of hydrogen-bond donors (Lipinski definition) is 1. The third kappa shape index (κ3) is 4.10. The van der Waals surface area contributed by atoms with E-state index >= 15 is 0 Å². The van der Waals surface area contributed by atoms with Crippen LogP contribution in [-0.2, 0) is 0 Å². The van der Waals surface area contributed by atoms with Crippen LogP contribution in [0, 0.1) is 19.8 Å². The van der Waals surface area contributed by atoms with E-state index in [-0.39, 0.29) is 11.9 Å². The van der Waals surface area contributed by atoms with Crippen molar-refractivity contribution < 1.29 is 9.32 Å². The summed E-state index contributed by atoms with van der Waals surface area (Å²) in [7, 11) is 0. The molecule has 2 aromatic rings. The molecule has 1 aliphatic heterocycles. The Kier molecular flexibility index (Phi) is 5.53. The zero-order valence-electron chi connectivity index (χ0n) is 15.3. The third-order valence-corrected chi connectivity index (χ3v) is 5.16. The molecule has 0 aliphatic carbocycles. The summed E-state index contributed by atoms with van der Waals surface area (Å²) in [5.41, 5.74) is 2.44. The quantitative estimate of drug-likeness (QED) is 0.904. The Morgan fingerprint density at radius 2 is 1.96 bits per heavy atom. The van der Waals surface area contributed by atoms with Crippen LogP contribution in [0.4, 0.5) is 0 Å². The van der Waals surface area contributed by atoms with Gasteiger partial charge in [0.05, 0.1) is 11.7 Å². The van der Waals surface area contributed by atoms with Crippen molar-refractivity contribution >= 4 is 5.91 Å². The van der Waals surface area contributed by atoms with Gasteiger partial charge in [0.2, 0.25) is 0 Å². The number of nitrogens with one attached hydrogen (secondary N) is 1. The first-order valence-corrected chi connectivity index (χ1v) is 9.06. The maximum absolute atomic E-state index is 12.6. The van der Waals surface area contributed by atoms with E-state index in [1.807, 2.05) is 6.07 Å². The second-order valence-corrected chi connectivity index (χ2v) is 7.05. The lowest BCUT2D eigenvalue weighted by Gasteiger charge is -2.37. The second kappa shape index (κ2) is 7.83. The molecule has 0 saturated carbocycles. The van der Waals surface area contributed by atoms with Crippen LogP contribution >= 0.6 is 0 Å². The summed E-state index contributed by atoms with van der Waals surface area (Å²) in [6.45, 7) is 8.61. The highest BCUT2D eigenvalue weighted by Crippen LogP contribution is 2.26. The molecule has 1 fully saturated rings. The molecular weight excluding hydrogens is 314 g/mol. The minimum absolute atomic E-state index is 0.109. The number of carbonyl (C=O) groups is 1. The van der Waals surface area contributed by atoms with Crippen LogP contribution in [0.2, 0.25) is 0 Å². The summed E-state index contributed by atoms with van der Waals surface area (Å²) in [6, 6.07) is 10.6. The summed E-state index contributed by atoms with van der Waals surface area (Å²) < 4.78 is 5.11. The van der Waals surface area contributed by atoms with E-state index < -0.39 is 0 Å². The Labute approximate surface area is 149 Å². The van der Waals surface area contributed by atoms with Gasteiger partial charge in [-0.3, -0.25) is 9.69 Å². The number of amides is 1. The van der Waals surface area contributed by atoms with Crippen molar-refractivity contribution in [2.24, 2.45) is 5.92 Å². The second-order valence-electron chi connectivity index (χ2n) is 7.05. The molecule has 1 amide bonds. The maximum Gasteiger partial charge on any atom is 0.256 e. The number of piperidine rings is 1. The molecule has 1 aromatic carbocycles. The summed E-state index contributed by atoms with van der Waals surface area (Å²) in [6.07, 6.45) is 2.42. The van der Waals surface area contributed by atoms with Gasteiger partial charge in [-0.05, 0) is 51.3 Å². The molecular formula is C20H27N3O2.